The van der Waals surface area contributed by atoms with Crippen molar-refractivity contribution in [2.75, 3.05) is 5.73 Å². The second kappa shape index (κ2) is 4.88. The van der Waals surface area contributed by atoms with E-state index in [0.717, 1.165) is 34.3 Å². The Kier molecular flexibility index (Phi) is 2.86. The molecule has 0 bridgehead atoms. The van der Waals surface area contributed by atoms with Crippen LogP contribution in [0.3, 0.4) is 0 Å². The summed E-state index contributed by atoms with van der Waals surface area (Å²) in [4.78, 5) is 4.61. The lowest BCUT2D eigenvalue weighted by molar-refractivity contribution is 0.616. The summed E-state index contributed by atoms with van der Waals surface area (Å²) in [6, 6.07) is 18.3. The molecule has 0 saturated carbocycles. The normalized spacial score (nSPS) is 11.3. The average Bonchev–Trinajstić information content (AvgIpc) is 2.97. The van der Waals surface area contributed by atoms with E-state index in [0.29, 0.717) is 5.89 Å². The zero-order chi connectivity index (χ0) is 15.1. The van der Waals surface area contributed by atoms with Crippen molar-refractivity contribution in [1.82, 2.24) is 4.98 Å². The molecule has 0 unspecified atom stereocenters. The second-order valence-electron chi connectivity index (χ2n) is 5.46. The molecule has 0 aliphatic rings. The van der Waals surface area contributed by atoms with Gasteiger partial charge < -0.3 is 10.2 Å². The Hall–Kier alpha value is -2.81. The minimum Gasteiger partial charge on any atom is -0.436 e. The van der Waals surface area contributed by atoms with Gasteiger partial charge in [0.05, 0.1) is 0 Å². The zero-order valence-electron chi connectivity index (χ0n) is 12.3. The number of hydrogen-bond donors (Lipinski definition) is 1. The Morgan fingerprint density at radius 1 is 1.00 bits per heavy atom. The van der Waals surface area contributed by atoms with Gasteiger partial charge in [0.25, 0.3) is 0 Å². The molecule has 4 rings (SSSR count). The first kappa shape index (κ1) is 12.9. The predicted octanol–water partition coefficient (Wildman–Crippen LogP) is 4.79. The van der Waals surface area contributed by atoms with Gasteiger partial charge in [-0.25, -0.2) is 4.98 Å². The smallest absolute Gasteiger partial charge is 0.227 e. The molecule has 0 fully saturated rings. The molecule has 22 heavy (non-hydrogen) atoms. The molecular weight excluding hydrogens is 272 g/mol. The number of oxazole rings is 1. The number of fused-ring (bicyclic) bond motifs is 2. The maximum atomic E-state index is 6.01. The number of anilines is 1. The van der Waals surface area contributed by atoms with Crippen LogP contribution in [0.1, 0.15) is 12.5 Å². The molecule has 0 atom stereocenters. The molecule has 0 aliphatic carbocycles. The van der Waals surface area contributed by atoms with E-state index in [1.165, 1.54) is 10.8 Å². The Morgan fingerprint density at radius 2 is 1.82 bits per heavy atom. The number of hydrogen-bond acceptors (Lipinski definition) is 3. The van der Waals surface area contributed by atoms with Gasteiger partial charge in [-0.3, -0.25) is 0 Å². The van der Waals surface area contributed by atoms with Crippen LogP contribution in [0.5, 0.6) is 0 Å². The lowest BCUT2D eigenvalue weighted by Crippen LogP contribution is -1.88. The van der Waals surface area contributed by atoms with Crippen molar-refractivity contribution in [2.45, 2.75) is 13.3 Å². The fraction of sp³-hybridized carbons (Fsp3) is 0.105. The van der Waals surface area contributed by atoms with E-state index in [-0.39, 0.29) is 0 Å². The third-order valence-electron chi connectivity index (χ3n) is 3.97. The number of aromatic nitrogens is 1. The van der Waals surface area contributed by atoms with Gasteiger partial charge in [-0.2, -0.15) is 0 Å². The van der Waals surface area contributed by atoms with Gasteiger partial charge in [-0.15, -0.1) is 0 Å². The zero-order valence-corrected chi connectivity index (χ0v) is 12.3. The first-order chi connectivity index (χ1) is 10.7. The summed E-state index contributed by atoms with van der Waals surface area (Å²) in [5, 5.41) is 2.39. The van der Waals surface area contributed by atoms with Gasteiger partial charge in [-0.1, -0.05) is 37.3 Å². The number of nitrogen functional groups attached to an aromatic ring is 1. The van der Waals surface area contributed by atoms with Crippen molar-refractivity contribution in [2.24, 2.45) is 0 Å². The van der Waals surface area contributed by atoms with E-state index in [2.05, 4.69) is 36.2 Å². The molecule has 2 N–H and O–H groups in total. The predicted molar refractivity (Wildman–Crippen MR) is 90.7 cm³/mol. The minimum atomic E-state index is 0.640. The third-order valence-corrected chi connectivity index (χ3v) is 3.97. The topological polar surface area (TPSA) is 52.0 Å². The minimum absolute atomic E-state index is 0.640. The maximum absolute atomic E-state index is 6.01. The summed E-state index contributed by atoms with van der Waals surface area (Å²) in [5.41, 5.74) is 10.4. The van der Waals surface area contributed by atoms with Crippen LogP contribution < -0.4 is 5.73 Å². The van der Waals surface area contributed by atoms with Crippen LogP contribution in [0, 0.1) is 0 Å². The number of benzene rings is 3. The van der Waals surface area contributed by atoms with E-state index in [4.69, 9.17) is 10.2 Å². The van der Waals surface area contributed by atoms with Crippen molar-refractivity contribution in [1.29, 1.82) is 0 Å². The Morgan fingerprint density at radius 3 is 2.64 bits per heavy atom. The molecule has 0 spiro atoms. The quantitative estimate of drug-likeness (QED) is 0.539. The number of nitrogens with zero attached hydrogens (tertiary/aromatic N) is 1. The van der Waals surface area contributed by atoms with E-state index >= 15 is 0 Å². The molecule has 108 valence electrons. The molecular formula is C19H16N2O. The molecule has 1 aromatic heterocycles. The molecule has 3 nitrogen and oxygen atoms in total. The van der Waals surface area contributed by atoms with Gasteiger partial charge in [-0.05, 0) is 47.0 Å². The van der Waals surface area contributed by atoms with Crippen LogP contribution in [-0.4, -0.2) is 4.98 Å². The summed E-state index contributed by atoms with van der Waals surface area (Å²) in [5.74, 6) is 0.640. The Bertz CT molecular complexity index is 985. The summed E-state index contributed by atoms with van der Waals surface area (Å²) < 4.78 is 6.01. The molecule has 1 heterocycles. The molecule has 0 aliphatic heterocycles. The third kappa shape index (κ3) is 2.02. The van der Waals surface area contributed by atoms with Gasteiger partial charge in [0.1, 0.15) is 5.52 Å². The highest BCUT2D eigenvalue weighted by atomic mass is 16.3. The van der Waals surface area contributed by atoms with Crippen molar-refractivity contribution in [3.05, 3.63) is 60.2 Å². The second-order valence-corrected chi connectivity index (χ2v) is 5.46. The summed E-state index contributed by atoms with van der Waals surface area (Å²) in [7, 11) is 0. The fourth-order valence-corrected chi connectivity index (χ4v) is 2.83. The molecule has 0 radical (unpaired) electrons. The van der Waals surface area contributed by atoms with Crippen LogP contribution in [0.2, 0.25) is 0 Å². The lowest BCUT2D eigenvalue weighted by atomic mass is 10.1. The van der Waals surface area contributed by atoms with Gasteiger partial charge in [0.15, 0.2) is 5.58 Å². The molecule has 0 amide bonds. The molecule has 3 aromatic carbocycles. The van der Waals surface area contributed by atoms with E-state index in [1.54, 1.807) is 0 Å². The molecule has 0 saturated heterocycles. The SMILES string of the molecule is CCc1cc(N)cc2nc(-c3ccc4ccccc4c3)oc12. The van der Waals surface area contributed by atoms with Crippen LogP contribution >= 0.6 is 0 Å². The van der Waals surface area contributed by atoms with Gasteiger partial charge >= 0.3 is 0 Å². The van der Waals surface area contributed by atoms with E-state index in [9.17, 15) is 0 Å². The first-order valence-electron chi connectivity index (χ1n) is 7.42. The first-order valence-corrected chi connectivity index (χ1v) is 7.42. The molecule has 3 heteroatoms. The summed E-state index contributed by atoms with van der Waals surface area (Å²) in [6.45, 7) is 2.09. The highest BCUT2D eigenvalue weighted by molar-refractivity contribution is 5.88. The fourth-order valence-electron chi connectivity index (χ4n) is 2.83. The average molecular weight is 288 g/mol. The Balaban J connectivity index is 1.92. The maximum Gasteiger partial charge on any atom is 0.227 e. The van der Waals surface area contributed by atoms with Gasteiger partial charge in [0.2, 0.25) is 5.89 Å². The van der Waals surface area contributed by atoms with Crippen molar-refractivity contribution < 1.29 is 4.42 Å². The standard InChI is InChI=1S/C19H16N2O/c1-2-12-10-16(20)11-17-18(12)22-19(21-17)15-8-7-13-5-3-4-6-14(13)9-15/h3-11H,2,20H2,1H3. The van der Waals surface area contributed by atoms with Gasteiger partial charge in [0, 0.05) is 11.3 Å². The molecule has 4 aromatic rings. The Labute approximate surface area is 128 Å². The van der Waals surface area contributed by atoms with E-state index in [1.807, 2.05) is 30.3 Å². The van der Waals surface area contributed by atoms with Crippen molar-refractivity contribution in [3.63, 3.8) is 0 Å². The number of rotatable bonds is 2. The highest BCUT2D eigenvalue weighted by Gasteiger charge is 2.12. The van der Waals surface area contributed by atoms with Crippen molar-refractivity contribution in [3.8, 4) is 11.5 Å². The number of aryl methyl sites for hydroxylation is 1. The van der Waals surface area contributed by atoms with Crippen LogP contribution in [0.25, 0.3) is 33.3 Å². The summed E-state index contributed by atoms with van der Waals surface area (Å²) in [6.07, 6.45) is 0.869. The van der Waals surface area contributed by atoms with Crippen LogP contribution in [0.15, 0.2) is 59.0 Å². The number of nitrogens with two attached hydrogens (primary N) is 1. The summed E-state index contributed by atoms with van der Waals surface area (Å²) >= 11 is 0. The highest BCUT2D eigenvalue weighted by Crippen LogP contribution is 2.30. The monoisotopic (exact) mass is 288 g/mol. The van der Waals surface area contributed by atoms with Crippen LogP contribution in [-0.2, 0) is 6.42 Å². The van der Waals surface area contributed by atoms with E-state index < -0.39 is 0 Å². The lowest BCUT2D eigenvalue weighted by Gasteiger charge is -2.00. The van der Waals surface area contributed by atoms with Crippen LogP contribution in [0.4, 0.5) is 5.69 Å². The van der Waals surface area contributed by atoms with Crippen molar-refractivity contribution >= 4 is 27.6 Å². The largest absolute Gasteiger partial charge is 0.436 e.